The maximum atomic E-state index is 12.2. The van der Waals surface area contributed by atoms with Gasteiger partial charge in [0.05, 0.1) is 12.1 Å². The van der Waals surface area contributed by atoms with E-state index in [2.05, 4.69) is 15.3 Å². The van der Waals surface area contributed by atoms with Crippen molar-refractivity contribution in [3.63, 3.8) is 0 Å². The van der Waals surface area contributed by atoms with Crippen molar-refractivity contribution in [2.24, 2.45) is 0 Å². The number of rotatable bonds is 8. The van der Waals surface area contributed by atoms with E-state index in [1.165, 1.54) is 6.26 Å². The molecule has 1 N–H and O–H groups in total. The third-order valence-corrected chi connectivity index (χ3v) is 4.46. The Morgan fingerprint density at radius 3 is 2.57 bits per heavy atom. The molecule has 0 aliphatic heterocycles. The first-order valence-electron chi connectivity index (χ1n) is 9.63. The Hall–Kier alpha value is -3.93. The fourth-order valence-electron chi connectivity index (χ4n) is 2.88. The Kier molecular flexibility index (Phi) is 6.15. The third kappa shape index (κ3) is 5.32. The molecule has 0 atom stereocenters. The number of amides is 1. The largest absolute Gasteiger partial charge is 0.489 e. The van der Waals surface area contributed by atoms with Crippen molar-refractivity contribution < 1.29 is 13.9 Å². The summed E-state index contributed by atoms with van der Waals surface area (Å²) in [7, 11) is 0. The van der Waals surface area contributed by atoms with E-state index >= 15 is 0 Å². The van der Waals surface area contributed by atoms with Crippen LogP contribution in [0.15, 0.2) is 89.8 Å². The number of aromatic nitrogens is 2. The number of hydrogen-bond acceptors (Lipinski definition) is 5. The number of carbonyl (C=O) groups is 1. The van der Waals surface area contributed by atoms with Crippen LogP contribution in [-0.2, 0) is 24.4 Å². The molecule has 4 aromatic rings. The summed E-state index contributed by atoms with van der Waals surface area (Å²) < 4.78 is 11.2. The van der Waals surface area contributed by atoms with E-state index in [-0.39, 0.29) is 12.3 Å². The molecule has 30 heavy (non-hydrogen) atoms. The molecular weight excluding hydrogens is 378 g/mol. The van der Waals surface area contributed by atoms with Gasteiger partial charge in [0.15, 0.2) is 0 Å². The Morgan fingerprint density at radius 1 is 0.967 bits per heavy atom. The lowest BCUT2D eigenvalue weighted by Gasteiger charge is -2.08. The van der Waals surface area contributed by atoms with E-state index in [4.69, 9.17) is 9.15 Å². The van der Waals surface area contributed by atoms with Crippen LogP contribution in [0, 0.1) is 0 Å². The van der Waals surface area contributed by atoms with Crippen molar-refractivity contribution in [1.29, 1.82) is 0 Å². The van der Waals surface area contributed by atoms with Gasteiger partial charge in [-0.05, 0) is 35.9 Å². The van der Waals surface area contributed by atoms with E-state index in [9.17, 15) is 4.79 Å². The smallest absolute Gasteiger partial charge is 0.226 e. The number of oxazole rings is 1. The number of carbonyl (C=O) groups excluding carboxylic acids is 1. The summed E-state index contributed by atoms with van der Waals surface area (Å²) in [5.41, 5.74) is 3.49. The fourth-order valence-corrected chi connectivity index (χ4v) is 2.88. The van der Waals surface area contributed by atoms with Gasteiger partial charge in [0, 0.05) is 30.1 Å². The molecule has 2 aromatic heterocycles. The monoisotopic (exact) mass is 399 g/mol. The van der Waals surface area contributed by atoms with Gasteiger partial charge in [-0.2, -0.15) is 0 Å². The lowest BCUT2D eigenvalue weighted by Crippen LogP contribution is -2.24. The number of nitrogens with one attached hydrogen (secondary N) is 1. The number of pyridine rings is 1. The van der Waals surface area contributed by atoms with Gasteiger partial charge in [-0.3, -0.25) is 9.78 Å². The second-order valence-corrected chi connectivity index (χ2v) is 6.76. The number of benzene rings is 2. The van der Waals surface area contributed by atoms with Crippen LogP contribution in [-0.4, -0.2) is 15.9 Å². The molecule has 0 unspecified atom stereocenters. The average Bonchev–Trinajstić information content (AvgIpc) is 3.27. The highest BCUT2D eigenvalue weighted by Crippen LogP contribution is 2.18. The van der Waals surface area contributed by atoms with Crippen molar-refractivity contribution in [3.05, 3.63) is 102 Å². The van der Waals surface area contributed by atoms with Crippen LogP contribution in [0.3, 0.4) is 0 Å². The lowest BCUT2D eigenvalue weighted by molar-refractivity contribution is -0.120. The van der Waals surface area contributed by atoms with Gasteiger partial charge in [0.2, 0.25) is 11.8 Å². The molecule has 0 saturated heterocycles. The Bertz CT molecular complexity index is 1080. The third-order valence-electron chi connectivity index (χ3n) is 4.46. The van der Waals surface area contributed by atoms with Crippen LogP contribution < -0.4 is 10.1 Å². The van der Waals surface area contributed by atoms with Gasteiger partial charge in [-0.1, -0.05) is 36.4 Å². The van der Waals surface area contributed by atoms with Crippen LogP contribution in [0.1, 0.15) is 16.8 Å². The van der Waals surface area contributed by atoms with Crippen molar-refractivity contribution in [3.8, 4) is 17.2 Å². The second-order valence-electron chi connectivity index (χ2n) is 6.76. The van der Waals surface area contributed by atoms with Crippen LogP contribution >= 0.6 is 0 Å². The van der Waals surface area contributed by atoms with Gasteiger partial charge in [-0.15, -0.1) is 0 Å². The molecule has 1 amide bonds. The normalized spacial score (nSPS) is 10.5. The quantitative estimate of drug-likeness (QED) is 0.481. The summed E-state index contributed by atoms with van der Waals surface area (Å²) in [6, 6.07) is 21.1. The highest BCUT2D eigenvalue weighted by molar-refractivity contribution is 5.78. The minimum absolute atomic E-state index is 0.111. The second kappa shape index (κ2) is 9.52. The summed E-state index contributed by atoms with van der Waals surface area (Å²) in [6.07, 6.45) is 5.21. The topological polar surface area (TPSA) is 77.2 Å². The number of ether oxygens (including phenoxy) is 1. The molecule has 0 bridgehead atoms. The maximum Gasteiger partial charge on any atom is 0.226 e. The summed E-state index contributed by atoms with van der Waals surface area (Å²) in [4.78, 5) is 20.7. The van der Waals surface area contributed by atoms with Gasteiger partial charge in [-0.25, -0.2) is 4.98 Å². The van der Waals surface area contributed by atoms with Gasteiger partial charge in [0.1, 0.15) is 18.6 Å². The summed E-state index contributed by atoms with van der Waals surface area (Å²) in [6.45, 7) is 0.901. The average molecular weight is 399 g/mol. The van der Waals surface area contributed by atoms with E-state index in [0.717, 1.165) is 22.4 Å². The molecule has 0 radical (unpaired) electrons. The summed E-state index contributed by atoms with van der Waals surface area (Å²) in [5.74, 6) is 1.17. The number of hydrogen-bond donors (Lipinski definition) is 1. The fraction of sp³-hybridized carbons (Fsp3) is 0.125. The van der Waals surface area contributed by atoms with Crippen molar-refractivity contribution in [1.82, 2.24) is 15.3 Å². The molecule has 0 spiro atoms. The molecule has 0 aliphatic carbocycles. The van der Waals surface area contributed by atoms with E-state index in [1.807, 2.05) is 66.7 Å². The van der Waals surface area contributed by atoms with Crippen molar-refractivity contribution in [2.75, 3.05) is 0 Å². The minimum atomic E-state index is -0.111. The molecule has 150 valence electrons. The van der Waals surface area contributed by atoms with Crippen LogP contribution in [0.5, 0.6) is 5.75 Å². The first-order chi connectivity index (χ1) is 14.8. The Morgan fingerprint density at radius 2 is 1.80 bits per heavy atom. The molecular formula is C24H21N3O3. The van der Waals surface area contributed by atoms with Crippen LogP contribution in [0.4, 0.5) is 0 Å². The van der Waals surface area contributed by atoms with Crippen LogP contribution in [0.25, 0.3) is 11.5 Å². The molecule has 2 heterocycles. The van der Waals surface area contributed by atoms with Crippen molar-refractivity contribution in [2.45, 2.75) is 19.6 Å². The van der Waals surface area contributed by atoms with Crippen LogP contribution in [0.2, 0.25) is 0 Å². The highest BCUT2D eigenvalue weighted by atomic mass is 16.5. The maximum absolute atomic E-state index is 12.2. The zero-order valence-electron chi connectivity index (χ0n) is 16.3. The first kappa shape index (κ1) is 19.4. The molecule has 0 fully saturated rings. The molecule has 6 nitrogen and oxygen atoms in total. The molecule has 4 rings (SSSR count). The Balaban J connectivity index is 1.24. The first-order valence-corrected chi connectivity index (χ1v) is 9.63. The van der Waals surface area contributed by atoms with Gasteiger partial charge in [0.25, 0.3) is 0 Å². The lowest BCUT2D eigenvalue weighted by atomic mass is 10.2. The molecule has 6 heteroatoms. The minimum Gasteiger partial charge on any atom is -0.489 e. The number of nitrogens with zero attached hydrogens (tertiary/aromatic N) is 2. The zero-order chi connectivity index (χ0) is 20.6. The predicted molar refractivity (Wildman–Crippen MR) is 113 cm³/mol. The molecule has 0 saturated carbocycles. The molecule has 2 aromatic carbocycles. The van der Waals surface area contributed by atoms with E-state index in [1.54, 1.807) is 12.4 Å². The van der Waals surface area contributed by atoms with E-state index in [0.29, 0.717) is 24.7 Å². The zero-order valence-corrected chi connectivity index (χ0v) is 16.3. The Labute approximate surface area is 174 Å². The van der Waals surface area contributed by atoms with Gasteiger partial charge < -0.3 is 14.5 Å². The summed E-state index contributed by atoms with van der Waals surface area (Å²) >= 11 is 0. The van der Waals surface area contributed by atoms with E-state index < -0.39 is 0 Å². The standard InChI is InChI=1S/C24H21N3O3/c28-23(13-21-17-30-24(27-21)20-6-2-1-3-7-20)26-15-18-8-10-22(11-9-18)29-16-19-5-4-12-25-14-19/h1-12,14,17H,13,15-16H2,(H,26,28). The predicted octanol–water partition coefficient (Wildman–Crippen LogP) is 4.17. The van der Waals surface area contributed by atoms with Gasteiger partial charge >= 0.3 is 0 Å². The summed E-state index contributed by atoms with van der Waals surface area (Å²) in [5, 5.41) is 2.90. The highest BCUT2D eigenvalue weighted by Gasteiger charge is 2.10. The molecule has 0 aliphatic rings. The SMILES string of the molecule is O=C(Cc1coc(-c2ccccc2)n1)NCc1ccc(OCc2cccnc2)cc1. The van der Waals surface area contributed by atoms with Crippen molar-refractivity contribution >= 4 is 5.91 Å².